The standard InChI is InChI=1S/C19H17FN6O2/c1-11-4-3-5-17(24-11)26-19(27)16-7-15(10-23-18(16)25-12(2)21)28-14-6-13(20)8-22-9-14/h3-10H,1-2H3,(H2,21,23,25)(H,24,26,27). The van der Waals surface area contributed by atoms with Crippen LogP contribution in [0.25, 0.3) is 0 Å². The van der Waals surface area contributed by atoms with E-state index >= 15 is 0 Å². The summed E-state index contributed by atoms with van der Waals surface area (Å²) in [5, 5.41) is 2.68. The lowest BCUT2D eigenvalue weighted by molar-refractivity contribution is 0.102. The third kappa shape index (κ3) is 4.85. The molecule has 9 heteroatoms. The first-order chi connectivity index (χ1) is 13.4. The summed E-state index contributed by atoms with van der Waals surface area (Å²) in [5.74, 6) is 0.0728. The highest BCUT2D eigenvalue weighted by Crippen LogP contribution is 2.26. The van der Waals surface area contributed by atoms with Crippen LogP contribution >= 0.6 is 0 Å². The molecular weight excluding hydrogens is 363 g/mol. The number of amidine groups is 1. The number of carbonyl (C=O) groups excluding carboxylic acids is 1. The van der Waals surface area contributed by atoms with Crippen molar-refractivity contribution < 1.29 is 13.9 Å². The van der Waals surface area contributed by atoms with E-state index in [-0.39, 0.29) is 28.7 Å². The molecule has 1 amide bonds. The second-order valence-corrected chi connectivity index (χ2v) is 5.85. The second kappa shape index (κ2) is 8.21. The van der Waals surface area contributed by atoms with E-state index in [9.17, 15) is 9.18 Å². The smallest absolute Gasteiger partial charge is 0.260 e. The van der Waals surface area contributed by atoms with E-state index < -0.39 is 11.7 Å². The number of nitrogens with two attached hydrogens (primary N) is 1. The zero-order valence-corrected chi connectivity index (χ0v) is 15.2. The van der Waals surface area contributed by atoms with Gasteiger partial charge in [0.25, 0.3) is 5.91 Å². The minimum Gasteiger partial charge on any atom is -0.454 e. The molecule has 3 aromatic heterocycles. The Labute approximate surface area is 160 Å². The molecule has 142 valence electrons. The molecule has 3 N–H and O–H groups in total. The van der Waals surface area contributed by atoms with Gasteiger partial charge >= 0.3 is 0 Å². The number of rotatable bonds is 5. The molecule has 3 aromatic rings. The summed E-state index contributed by atoms with van der Waals surface area (Å²) in [4.78, 5) is 28.9. The van der Waals surface area contributed by atoms with Gasteiger partial charge in [0, 0.05) is 11.8 Å². The molecular formula is C19H17FN6O2. The zero-order chi connectivity index (χ0) is 20.1. The number of anilines is 1. The van der Waals surface area contributed by atoms with Crippen molar-refractivity contribution in [1.82, 2.24) is 15.0 Å². The van der Waals surface area contributed by atoms with E-state index in [0.717, 1.165) is 11.9 Å². The maximum absolute atomic E-state index is 13.3. The quantitative estimate of drug-likeness (QED) is 0.518. The number of hydrogen-bond donors (Lipinski definition) is 2. The van der Waals surface area contributed by atoms with Crippen molar-refractivity contribution in [2.24, 2.45) is 10.7 Å². The largest absolute Gasteiger partial charge is 0.454 e. The highest BCUT2D eigenvalue weighted by Gasteiger charge is 2.16. The summed E-state index contributed by atoms with van der Waals surface area (Å²) >= 11 is 0. The Morgan fingerprint density at radius 1 is 1.21 bits per heavy atom. The Kier molecular flexibility index (Phi) is 5.54. The van der Waals surface area contributed by atoms with E-state index in [4.69, 9.17) is 10.5 Å². The molecule has 0 bridgehead atoms. The fourth-order valence-corrected chi connectivity index (χ4v) is 2.30. The number of carbonyl (C=O) groups is 1. The molecule has 0 aliphatic rings. The number of hydrogen-bond acceptors (Lipinski definition) is 6. The molecule has 0 aliphatic carbocycles. The Balaban J connectivity index is 1.93. The van der Waals surface area contributed by atoms with Crippen molar-refractivity contribution in [2.75, 3.05) is 5.32 Å². The van der Waals surface area contributed by atoms with Crippen molar-refractivity contribution >= 4 is 23.4 Å². The van der Waals surface area contributed by atoms with Crippen LogP contribution in [-0.4, -0.2) is 26.7 Å². The average molecular weight is 380 g/mol. The van der Waals surface area contributed by atoms with Gasteiger partial charge in [-0.3, -0.25) is 9.78 Å². The summed E-state index contributed by atoms with van der Waals surface area (Å²) in [6.07, 6.45) is 3.75. The first kappa shape index (κ1) is 18.9. The van der Waals surface area contributed by atoms with Gasteiger partial charge in [-0.1, -0.05) is 6.07 Å². The molecule has 8 nitrogen and oxygen atoms in total. The van der Waals surface area contributed by atoms with Gasteiger partial charge in [0.15, 0.2) is 5.82 Å². The van der Waals surface area contributed by atoms with Crippen molar-refractivity contribution in [3.8, 4) is 11.5 Å². The number of aryl methyl sites for hydroxylation is 1. The predicted octanol–water partition coefficient (Wildman–Crippen LogP) is 3.37. The van der Waals surface area contributed by atoms with Crippen LogP contribution in [0.3, 0.4) is 0 Å². The fourth-order valence-electron chi connectivity index (χ4n) is 2.30. The van der Waals surface area contributed by atoms with Gasteiger partial charge in [-0.05, 0) is 32.0 Å². The normalized spacial score (nSPS) is 11.2. The Bertz CT molecular complexity index is 1050. The molecule has 0 unspecified atom stereocenters. The molecule has 28 heavy (non-hydrogen) atoms. The molecule has 0 fully saturated rings. The monoisotopic (exact) mass is 380 g/mol. The van der Waals surface area contributed by atoms with Gasteiger partial charge in [0.05, 0.1) is 30.0 Å². The van der Waals surface area contributed by atoms with Crippen LogP contribution < -0.4 is 15.8 Å². The van der Waals surface area contributed by atoms with Gasteiger partial charge in [-0.2, -0.15) is 0 Å². The van der Waals surface area contributed by atoms with Crippen LogP contribution in [0.15, 0.2) is 53.9 Å². The van der Waals surface area contributed by atoms with Gasteiger partial charge in [-0.25, -0.2) is 19.4 Å². The van der Waals surface area contributed by atoms with Gasteiger partial charge in [0.2, 0.25) is 0 Å². The number of pyridine rings is 3. The molecule has 0 radical (unpaired) electrons. The molecule has 0 spiro atoms. The number of halogens is 1. The van der Waals surface area contributed by atoms with Crippen LogP contribution in [0.5, 0.6) is 11.5 Å². The van der Waals surface area contributed by atoms with E-state index in [0.29, 0.717) is 5.82 Å². The van der Waals surface area contributed by atoms with Crippen LogP contribution in [0.1, 0.15) is 23.0 Å². The number of ether oxygens (including phenoxy) is 1. The van der Waals surface area contributed by atoms with Crippen molar-refractivity contribution in [2.45, 2.75) is 13.8 Å². The fraction of sp³-hybridized carbons (Fsp3) is 0.105. The third-order valence-electron chi connectivity index (χ3n) is 3.41. The summed E-state index contributed by atoms with van der Waals surface area (Å²) < 4.78 is 18.8. The van der Waals surface area contributed by atoms with Gasteiger partial charge in [-0.15, -0.1) is 0 Å². The SMILES string of the molecule is C/C(N)=N/c1ncc(Oc2cncc(F)c2)cc1C(=O)Nc1cccc(C)n1. The number of amides is 1. The Morgan fingerprint density at radius 3 is 2.71 bits per heavy atom. The number of aliphatic imine (C=N–C) groups is 1. The Morgan fingerprint density at radius 2 is 2.00 bits per heavy atom. The maximum atomic E-state index is 13.3. The van der Waals surface area contributed by atoms with Crippen LogP contribution in [0, 0.1) is 12.7 Å². The second-order valence-electron chi connectivity index (χ2n) is 5.85. The van der Waals surface area contributed by atoms with Crippen molar-refractivity contribution in [3.63, 3.8) is 0 Å². The number of nitrogens with zero attached hydrogens (tertiary/aromatic N) is 4. The lowest BCUT2D eigenvalue weighted by atomic mass is 10.2. The third-order valence-corrected chi connectivity index (χ3v) is 3.41. The van der Waals surface area contributed by atoms with E-state index in [2.05, 4.69) is 25.3 Å². The Hall–Kier alpha value is -3.88. The minimum absolute atomic E-state index is 0.120. The van der Waals surface area contributed by atoms with Crippen LogP contribution in [-0.2, 0) is 0 Å². The summed E-state index contributed by atoms with van der Waals surface area (Å²) in [5.41, 5.74) is 6.50. The molecule has 3 rings (SSSR count). The summed E-state index contributed by atoms with van der Waals surface area (Å²) in [6.45, 7) is 3.39. The molecule has 3 heterocycles. The van der Waals surface area contributed by atoms with E-state index in [1.807, 2.05) is 13.0 Å². The van der Waals surface area contributed by atoms with Gasteiger partial charge < -0.3 is 15.8 Å². The lowest BCUT2D eigenvalue weighted by Gasteiger charge is -2.10. The molecule has 0 saturated carbocycles. The highest BCUT2D eigenvalue weighted by molar-refractivity contribution is 6.07. The topological polar surface area (TPSA) is 115 Å². The van der Waals surface area contributed by atoms with Crippen LogP contribution in [0.4, 0.5) is 16.0 Å². The first-order valence-electron chi connectivity index (χ1n) is 8.25. The first-order valence-corrected chi connectivity index (χ1v) is 8.25. The summed E-state index contributed by atoms with van der Waals surface area (Å²) in [7, 11) is 0. The van der Waals surface area contributed by atoms with Gasteiger partial charge in [0.1, 0.15) is 23.1 Å². The molecule has 0 aromatic carbocycles. The van der Waals surface area contributed by atoms with E-state index in [1.54, 1.807) is 19.1 Å². The van der Waals surface area contributed by atoms with Crippen molar-refractivity contribution in [3.05, 3.63) is 66.0 Å². The minimum atomic E-state index is -0.547. The maximum Gasteiger partial charge on any atom is 0.260 e. The zero-order valence-electron chi connectivity index (χ0n) is 15.2. The molecule has 0 atom stereocenters. The number of nitrogens with one attached hydrogen (secondary N) is 1. The lowest BCUT2D eigenvalue weighted by Crippen LogP contribution is -2.15. The van der Waals surface area contributed by atoms with Crippen molar-refractivity contribution in [1.29, 1.82) is 0 Å². The number of aromatic nitrogens is 3. The highest BCUT2D eigenvalue weighted by atomic mass is 19.1. The molecule has 0 aliphatic heterocycles. The van der Waals surface area contributed by atoms with Crippen LogP contribution in [0.2, 0.25) is 0 Å². The van der Waals surface area contributed by atoms with E-state index in [1.165, 1.54) is 24.5 Å². The average Bonchev–Trinajstić information content (AvgIpc) is 2.62. The summed E-state index contributed by atoms with van der Waals surface area (Å²) in [6, 6.07) is 7.85. The molecule has 0 saturated heterocycles. The predicted molar refractivity (Wildman–Crippen MR) is 102 cm³/mol.